The minimum Gasteiger partial charge on any atom is -0.496 e. The zero-order chi connectivity index (χ0) is 9.84. The van der Waals surface area contributed by atoms with Crippen molar-refractivity contribution >= 4 is 21.5 Å². The van der Waals surface area contributed by atoms with Gasteiger partial charge >= 0.3 is 0 Å². The molecule has 13 heavy (non-hydrogen) atoms. The number of hydrogen-bond acceptors (Lipinski definition) is 1. The highest BCUT2D eigenvalue weighted by Crippen LogP contribution is 2.23. The normalized spacial score (nSPS) is 9.77. The summed E-state index contributed by atoms with van der Waals surface area (Å²) in [4.78, 5) is 0. The van der Waals surface area contributed by atoms with E-state index in [1.54, 1.807) is 7.11 Å². The van der Waals surface area contributed by atoms with Crippen LogP contribution in [0.3, 0.4) is 0 Å². The van der Waals surface area contributed by atoms with Crippen LogP contribution in [0.1, 0.15) is 11.1 Å². The van der Waals surface area contributed by atoms with Gasteiger partial charge in [0.05, 0.1) is 7.11 Å². The predicted molar refractivity (Wildman–Crippen MR) is 60.6 cm³/mol. The van der Waals surface area contributed by atoms with E-state index in [4.69, 9.17) is 4.74 Å². The summed E-state index contributed by atoms with van der Waals surface area (Å²) < 4.78 is 5.22. The molecule has 0 aliphatic rings. The second-order valence-corrected chi connectivity index (χ2v) is 3.48. The minimum atomic E-state index is 0.791. The van der Waals surface area contributed by atoms with Gasteiger partial charge in [-0.05, 0) is 29.7 Å². The Hall–Kier alpha value is -0.760. The number of ether oxygens (including phenoxy) is 1. The van der Waals surface area contributed by atoms with Crippen LogP contribution in [0.5, 0.6) is 5.75 Å². The predicted octanol–water partition coefficient (Wildman–Crippen LogP) is 3.41. The molecule has 0 aliphatic carbocycles. The van der Waals surface area contributed by atoms with E-state index in [-0.39, 0.29) is 0 Å². The van der Waals surface area contributed by atoms with Crippen LogP contribution < -0.4 is 4.74 Å². The molecular formula is C11H13BrO. The summed E-state index contributed by atoms with van der Waals surface area (Å²) in [7, 11) is 1.68. The lowest BCUT2D eigenvalue weighted by Crippen LogP contribution is -1.90. The summed E-state index contributed by atoms with van der Waals surface area (Å²) in [6.07, 6.45) is 0. The van der Waals surface area contributed by atoms with Crippen molar-refractivity contribution in [3.8, 4) is 5.75 Å². The summed E-state index contributed by atoms with van der Waals surface area (Å²) in [6.45, 7) is 5.97. The maximum absolute atomic E-state index is 5.22. The Kier molecular flexibility index (Phi) is 3.55. The molecule has 1 aromatic carbocycles. The van der Waals surface area contributed by atoms with Crippen LogP contribution in [-0.2, 0) is 0 Å². The number of halogens is 1. The number of rotatable bonds is 3. The quantitative estimate of drug-likeness (QED) is 0.737. The topological polar surface area (TPSA) is 9.23 Å². The van der Waals surface area contributed by atoms with E-state index in [1.165, 1.54) is 0 Å². The second kappa shape index (κ2) is 4.47. The van der Waals surface area contributed by atoms with Crippen molar-refractivity contribution in [2.75, 3.05) is 12.4 Å². The van der Waals surface area contributed by atoms with E-state index < -0.39 is 0 Å². The molecule has 0 atom stereocenters. The number of hydrogen-bond donors (Lipinski definition) is 0. The maximum atomic E-state index is 5.22. The molecule has 0 saturated heterocycles. The van der Waals surface area contributed by atoms with Crippen LogP contribution in [0.25, 0.3) is 5.57 Å². The zero-order valence-electron chi connectivity index (χ0n) is 7.93. The number of benzene rings is 1. The van der Waals surface area contributed by atoms with E-state index in [0.29, 0.717) is 0 Å². The molecule has 0 aliphatic heterocycles. The smallest absolute Gasteiger partial charge is 0.122 e. The molecule has 1 aromatic rings. The van der Waals surface area contributed by atoms with Gasteiger partial charge in [0.1, 0.15) is 5.75 Å². The van der Waals surface area contributed by atoms with Crippen molar-refractivity contribution in [3.05, 3.63) is 35.9 Å². The van der Waals surface area contributed by atoms with Crippen LogP contribution >= 0.6 is 15.9 Å². The Balaban J connectivity index is 3.06. The Labute approximate surface area is 87.5 Å². The fraction of sp³-hybridized carbons (Fsp3) is 0.273. The second-order valence-electron chi connectivity index (χ2n) is 2.92. The number of allylic oxidation sites excluding steroid dienone is 1. The lowest BCUT2D eigenvalue weighted by molar-refractivity contribution is 0.411. The molecule has 70 valence electrons. The molecule has 0 saturated carbocycles. The average Bonchev–Trinajstić information content (AvgIpc) is 2.17. The first kappa shape index (κ1) is 10.3. The van der Waals surface area contributed by atoms with Crippen molar-refractivity contribution < 1.29 is 4.74 Å². The number of alkyl halides is 1. The third kappa shape index (κ3) is 2.34. The van der Waals surface area contributed by atoms with Gasteiger partial charge in [0.25, 0.3) is 0 Å². The zero-order valence-corrected chi connectivity index (χ0v) is 9.52. The molecule has 0 radical (unpaired) electrons. The van der Waals surface area contributed by atoms with Crippen LogP contribution in [0.15, 0.2) is 24.8 Å². The van der Waals surface area contributed by atoms with Gasteiger partial charge in [-0.25, -0.2) is 0 Å². The largest absolute Gasteiger partial charge is 0.496 e. The monoisotopic (exact) mass is 240 g/mol. The minimum absolute atomic E-state index is 0.791. The molecule has 1 nitrogen and oxygen atoms in total. The number of methoxy groups -OCH3 is 1. The Morgan fingerprint density at radius 3 is 2.77 bits per heavy atom. The molecule has 0 amide bonds. The van der Waals surface area contributed by atoms with Gasteiger partial charge in [-0.15, -0.1) is 0 Å². The SMILES string of the molecule is C=C(CBr)c1ccc(C)c(OC)c1. The maximum Gasteiger partial charge on any atom is 0.122 e. The van der Waals surface area contributed by atoms with E-state index in [9.17, 15) is 0 Å². The molecule has 0 fully saturated rings. The Morgan fingerprint density at radius 2 is 2.23 bits per heavy atom. The van der Waals surface area contributed by atoms with Gasteiger partial charge in [-0.3, -0.25) is 0 Å². The Morgan fingerprint density at radius 1 is 1.54 bits per heavy atom. The fourth-order valence-electron chi connectivity index (χ4n) is 1.12. The summed E-state index contributed by atoms with van der Waals surface area (Å²) in [6, 6.07) is 6.11. The van der Waals surface area contributed by atoms with Crippen LogP contribution in [0.4, 0.5) is 0 Å². The van der Waals surface area contributed by atoms with E-state index in [0.717, 1.165) is 27.8 Å². The van der Waals surface area contributed by atoms with Crippen molar-refractivity contribution in [2.45, 2.75) is 6.92 Å². The lowest BCUT2D eigenvalue weighted by Gasteiger charge is -2.07. The third-order valence-corrected chi connectivity index (χ3v) is 2.65. The average molecular weight is 241 g/mol. The first-order chi connectivity index (χ1) is 6.19. The van der Waals surface area contributed by atoms with Crippen molar-refractivity contribution in [1.29, 1.82) is 0 Å². The van der Waals surface area contributed by atoms with Crippen LogP contribution in [0, 0.1) is 6.92 Å². The highest BCUT2D eigenvalue weighted by molar-refractivity contribution is 9.09. The van der Waals surface area contributed by atoms with Gasteiger partial charge in [-0.2, -0.15) is 0 Å². The lowest BCUT2D eigenvalue weighted by atomic mass is 10.1. The summed E-state index contributed by atoms with van der Waals surface area (Å²) in [5.41, 5.74) is 3.34. The van der Waals surface area contributed by atoms with E-state index in [2.05, 4.69) is 28.6 Å². The van der Waals surface area contributed by atoms with Crippen LogP contribution in [0.2, 0.25) is 0 Å². The summed E-state index contributed by atoms with van der Waals surface area (Å²) in [5.74, 6) is 0.916. The molecule has 2 heteroatoms. The Bertz CT molecular complexity index is 318. The highest BCUT2D eigenvalue weighted by Gasteiger charge is 2.01. The molecular weight excluding hydrogens is 228 g/mol. The molecule has 0 heterocycles. The first-order valence-electron chi connectivity index (χ1n) is 4.07. The highest BCUT2D eigenvalue weighted by atomic mass is 79.9. The summed E-state index contributed by atoms with van der Waals surface area (Å²) >= 11 is 3.38. The molecule has 0 unspecified atom stereocenters. The van der Waals surface area contributed by atoms with Crippen LogP contribution in [-0.4, -0.2) is 12.4 Å². The van der Waals surface area contributed by atoms with E-state index in [1.807, 2.05) is 19.1 Å². The van der Waals surface area contributed by atoms with Gasteiger partial charge < -0.3 is 4.74 Å². The molecule has 0 bridgehead atoms. The standard InChI is InChI=1S/C11H13BrO/c1-8-4-5-10(9(2)7-12)6-11(8)13-3/h4-6H,2,7H2,1,3H3. The molecule has 0 spiro atoms. The molecule has 0 N–H and O–H groups in total. The van der Waals surface area contributed by atoms with Gasteiger partial charge in [0, 0.05) is 5.33 Å². The van der Waals surface area contributed by atoms with Crippen molar-refractivity contribution in [1.82, 2.24) is 0 Å². The van der Waals surface area contributed by atoms with Gasteiger partial charge in [-0.1, -0.05) is 34.6 Å². The van der Waals surface area contributed by atoms with Crippen molar-refractivity contribution in [3.63, 3.8) is 0 Å². The number of aryl methyl sites for hydroxylation is 1. The van der Waals surface area contributed by atoms with Gasteiger partial charge in [0.2, 0.25) is 0 Å². The first-order valence-corrected chi connectivity index (χ1v) is 5.20. The third-order valence-electron chi connectivity index (χ3n) is 1.98. The van der Waals surface area contributed by atoms with Crippen molar-refractivity contribution in [2.24, 2.45) is 0 Å². The van der Waals surface area contributed by atoms with Gasteiger partial charge in [0.15, 0.2) is 0 Å². The molecule has 0 aromatic heterocycles. The fourth-order valence-corrected chi connectivity index (χ4v) is 1.44. The van der Waals surface area contributed by atoms with E-state index >= 15 is 0 Å². The molecule has 1 rings (SSSR count). The summed E-state index contributed by atoms with van der Waals surface area (Å²) in [5, 5.41) is 0.791.